The molecule has 0 saturated carbocycles. The molecule has 58 heavy (non-hydrogen) atoms. The number of allylic oxidation sites excluding steroid dienone is 9. The SMILES string of the molecule is C=CC1=C(C)C2=NC1=Cc1[nH]c(c(CCC(=O)O)c1C)C=C1N=C(C=C3N=C(C(C=C)=C3C)C2=C(O)[C@H](CC(=O)O)NC(=O)[C@@H](N)CC(=O)O)C(C)=C1CCC(=O)O. The Morgan fingerprint density at radius 3 is 1.93 bits per heavy atom. The minimum Gasteiger partial charge on any atom is -0.509 e. The average Bonchev–Trinajstić information content (AvgIpc) is 3.81. The van der Waals surface area contributed by atoms with Crippen molar-refractivity contribution in [3.63, 3.8) is 0 Å². The van der Waals surface area contributed by atoms with Crippen molar-refractivity contribution in [2.24, 2.45) is 20.7 Å². The van der Waals surface area contributed by atoms with Gasteiger partial charge in [0.1, 0.15) is 5.76 Å². The van der Waals surface area contributed by atoms with E-state index in [0.717, 1.165) is 0 Å². The van der Waals surface area contributed by atoms with Crippen LogP contribution >= 0.6 is 0 Å². The Kier molecular flexibility index (Phi) is 12.4. The van der Waals surface area contributed by atoms with Gasteiger partial charge in [0.25, 0.3) is 0 Å². The number of aliphatic hydroxyl groups is 1. The quantitative estimate of drug-likeness (QED) is 0.109. The van der Waals surface area contributed by atoms with E-state index in [0.29, 0.717) is 78.8 Å². The van der Waals surface area contributed by atoms with Gasteiger partial charge in [0.2, 0.25) is 5.91 Å². The Labute approximate surface area is 333 Å². The Morgan fingerprint density at radius 2 is 1.33 bits per heavy atom. The van der Waals surface area contributed by atoms with Crippen LogP contribution < -0.4 is 11.1 Å². The number of nitrogens with one attached hydrogen (secondary N) is 2. The van der Waals surface area contributed by atoms with Gasteiger partial charge in [-0.15, -0.1) is 0 Å². The van der Waals surface area contributed by atoms with Crippen LogP contribution in [0, 0.1) is 6.92 Å². The number of carbonyl (C=O) groups is 5. The van der Waals surface area contributed by atoms with Crippen molar-refractivity contribution in [2.75, 3.05) is 0 Å². The second kappa shape index (κ2) is 17.1. The summed E-state index contributed by atoms with van der Waals surface area (Å²) < 4.78 is 0. The van der Waals surface area contributed by atoms with E-state index in [1.165, 1.54) is 6.08 Å². The lowest BCUT2D eigenvalue weighted by atomic mass is 9.89. The minimum atomic E-state index is -1.64. The summed E-state index contributed by atoms with van der Waals surface area (Å²) in [6.45, 7) is 15.1. The Balaban J connectivity index is 1.89. The van der Waals surface area contributed by atoms with Crippen LogP contribution in [-0.2, 0) is 30.4 Å². The van der Waals surface area contributed by atoms with E-state index in [2.05, 4.69) is 23.5 Å². The minimum absolute atomic E-state index is 0.0576. The van der Waals surface area contributed by atoms with Crippen molar-refractivity contribution in [1.29, 1.82) is 0 Å². The zero-order chi connectivity index (χ0) is 42.7. The molecule has 2 atom stereocenters. The highest BCUT2D eigenvalue weighted by Crippen LogP contribution is 2.40. The Bertz CT molecular complexity index is 2410. The second-order valence-electron chi connectivity index (χ2n) is 14.1. The molecule has 9 N–H and O–H groups in total. The molecule has 0 aromatic carbocycles. The molecule has 1 amide bonds. The molecule has 4 aliphatic heterocycles. The van der Waals surface area contributed by atoms with E-state index in [9.17, 15) is 49.5 Å². The highest BCUT2D eigenvalue weighted by Gasteiger charge is 2.36. The van der Waals surface area contributed by atoms with Crippen LogP contribution in [0.2, 0.25) is 0 Å². The fourth-order valence-electron chi connectivity index (χ4n) is 7.17. The van der Waals surface area contributed by atoms with Crippen molar-refractivity contribution in [3.8, 4) is 0 Å². The fourth-order valence-corrected chi connectivity index (χ4v) is 7.17. The highest BCUT2D eigenvalue weighted by molar-refractivity contribution is 6.38. The average molecular weight is 793 g/mol. The molecule has 5 rings (SSSR count). The lowest BCUT2D eigenvalue weighted by Gasteiger charge is -2.22. The molecule has 0 unspecified atom stereocenters. The van der Waals surface area contributed by atoms with Crippen LogP contribution in [0.5, 0.6) is 0 Å². The van der Waals surface area contributed by atoms with Crippen molar-refractivity contribution < 1.29 is 49.5 Å². The highest BCUT2D eigenvalue weighted by atomic mass is 16.4. The molecule has 16 heteroatoms. The van der Waals surface area contributed by atoms with E-state index in [1.54, 1.807) is 45.1 Å². The van der Waals surface area contributed by atoms with Gasteiger partial charge in [0, 0.05) is 35.4 Å². The third-order valence-corrected chi connectivity index (χ3v) is 10.3. The predicted molar refractivity (Wildman–Crippen MR) is 217 cm³/mol. The summed E-state index contributed by atoms with van der Waals surface area (Å²) in [5.74, 6) is -6.45. The predicted octanol–water partition coefficient (Wildman–Crippen LogP) is 5.04. The number of aliphatic imine (C=N–C) groups is 3. The van der Waals surface area contributed by atoms with E-state index in [1.807, 2.05) is 6.92 Å². The van der Waals surface area contributed by atoms with Gasteiger partial charge in [0.15, 0.2) is 0 Å². The van der Waals surface area contributed by atoms with Crippen LogP contribution in [0.3, 0.4) is 0 Å². The number of rotatable bonds is 15. The van der Waals surface area contributed by atoms with Crippen LogP contribution in [0.25, 0.3) is 12.2 Å². The number of fused-ring (bicyclic) bond motifs is 5. The first kappa shape index (κ1) is 42.2. The Morgan fingerprint density at radius 1 is 0.724 bits per heavy atom. The monoisotopic (exact) mass is 792 g/mol. The molecule has 0 aliphatic carbocycles. The summed E-state index contributed by atoms with van der Waals surface area (Å²) in [6.07, 6.45) is 6.61. The van der Waals surface area contributed by atoms with Gasteiger partial charge in [-0.1, -0.05) is 25.3 Å². The Hall–Kier alpha value is -6.94. The number of nitrogens with two attached hydrogens (primary N) is 1. The number of hydrogen-bond donors (Lipinski definition) is 8. The molecule has 8 bridgehead atoms. The smallest absolute Gasteiger partial charge is 0.305 e. The molecule has 16 nitrogen and oxygen atoms in total. The van der Waals surface area contributed by atoms with E-state index in [4.69, 9.17) is 20.7 Å². The summed E-state index contributed by atoms with van der Waals surface area (Å²) >= 11 is 0. The summed E-state index contributed by atoms with van der Waals surface area (Å²) in [4.78, 5) is 78.3. The molecule has 4 aliphatic rings. The topological polar surface area (TPSA) is 277 Å². The number of aliphatic hydroxyl groups excluding tert-OH is 1. The van der Waals surface area contributed by atoms with E-state index >= 15 is 0 Å². The first-order valence-corrected chi connectivity index (χ1v) is 18.2. The summed E-state index contributed by atoms with van der Waals surface area (Å²) in [6, 6.07) is -3.21. The number of hydrogen-bond acceptors (Lipinski definition) is 10. The first-order valence-electron chi connectivity index (χ1n) is 18.2. The van der Waals surface area contributed by atoms with Crippen molar-refractivity contribution >= 4 is 59.1 Å². The summed E-state index contributed by atoms with van der Waals surface area (Å²) in [7, 11) is 0. The van der Waals surface area contributed by atoms with Gasteiger partial charge in [-0.2, -0.15) is 0 Å². The normalized spacial score (nSPS) is 18.1. The van der Waals surface area contributed by atoms with Crippen LogP contribution in [0.15, 0.2) is 108 Å². The number of H-pyrrole nitrogens is 1. The van der Waals surface area contributed by atoms with Gasteiger partial charge >= 0.3 is 23.9 Å². The number of aromatic nitrogens is 1. The maximum atomic E-state index is 13.1. The molecule has 302 valence electrons. The van der Waals surface area contributed by atoms with Gasteiger partial charge in [-0.05, 0) is 92.2 Å². The lowest BCUT2D eigenvalue weighted by molar-refractivity contribution is -0.140. The number of nitrogens with zero attached hydrogens (tertiary/aromatic N) is 3. The third-order valence-electron chi connectivity index (χ3n) is 10.3. The maximum Gasteiger partial charge on any atom is 0.305 e. The van der Waals surface area contributed by atoms with Crippen LogP contribution in [0.4, 0.5) is 0 Å². The molecular weight excluding hydrogens is 748 g/mol. The van der Waals surface area contributed by atoms with Gasteiger partial charge in [-0.25, -0.2) is 15.0 Å². The first-order chi connectivity index (χ1) is 27.4. The fraction of sp³-hybridized carbons (Fsp3) is 0.286. The number of carbonyl (C=O) groups excluding carboxylic acids is 1. The maximum absolute atomic E-state index is 13.1. The standard InChI is InChI=1S/C42H44N6O10/c1-7-22-21(6)39-38(41(57)33(17-37(55)56)48-42(58)26(43)13-36(53)54)40-23(8-2)18(3)29(46-40)14-27-19(4)24(9-11-34(49)50)31(44-27)16-32-25(10-12-35(51)52)20(5)28(45-32)15-30(22)47-39/h7-8,14-16,26,33,45,57H,1-2,9-13,17,43H2,3-6H3,(H,48,58)(H,49,50)(H,51,52)(H,53,54)(H,55,56)/t26-,33-/m0/s1. The number of carboxylic acid groups (broad SMARTS) is 4. The molecule has 0 spiro atoms. The largest absolute Gasteiger partial charge is 0.509 e. The van der Waals surface area contributed by atoms with Gasteiger partial charge < -0.3 is 41.6 Å². The zero-order valence-electron chi connectivity index (χ0n) is 32.4. The molecule has 0 fully saturated rings. The molecule has 1 aromatic rings. The number of carboxylic acids is 4. The van der Waals surface area contributed by atoms with Crippen LogP contribution in [-0.4, -0.2) is 89.5 Å². The number of amides is 1. The third kappa shape index (κ3) is 8.56. The molecular formula is C42H44N6O10. The zero-order valence-corrected chi connectivity index (χ0v) is 32.4. The molecule has 0 saturated heterocycles. The number of aliphatic carboxylic acids is 4. The van der Waals surface area contributed by atoms with Crippen LogP contribution in [0.1, 0.15) is 75.4 Å². The molecule has 0 radical (unpaired) electrons. The molecule has 1 aromatic heterocycles. The lowest BCUT2D eigenvalue weighted by Crippen LogP contribution is -2.48. The van der Waals surface area contributed by atoms with Gasteiger partial charge in [0.05, 0.1) is 64.7 Å². The van der Waals surface area contributed by atoms with E-state index in [-0.39, 0.29) is 42.7 Å². The van der Waals surface area contributed by atoms with Crippen molar-refractivity contribution in [3.05, 3.63) is 116 Å². The van der Waals surface area contributed by atoms with Gasteiger partial charge in [-0.3, -0.25) is 24.0 Å². The molecule has 5 heterocycles. The van der Waals surface area contributed by atoms with E-state index < -0.39 is 60.5 Å². The summed E-state index contributed by atoms with van der Waals surface area (Å²) in [5, 5.41) is 53.0. The number of aromatic amines is 1. The van der Waals surface area contributed by atoms with Crippen molar-refractivity contribution in [2.45, 2.75) is 78.3 Å². The van der Waals surface area contributed by atoms with Crippen molar-refractivity contribution in [1.82, 2.24) is 10.3 Å². The second-order valence-corrected chi connectivity index (χ2v) is 14.1. The summed E-state index contributed by atoms with van der Waals surface area (Å²) in [5.41, 5.74) is 13.6.